The van der Waals surface area contributed by atoms with Crippen LogP contribution in [-0.2, 0) is 19.4 Å². The standard InChI is InChI=1S/C13H21N3/c1-9-7-10(14)8-16-12-6-4-2-3-5-11(12)15-13(9)16/h9-10H,2-8,14H2,1H3. The van der Waals surface area contributed by atoms with Crippen molar-refractivity contribution >= 4 is 0 Å². The highest BCUT2D eigenvalue weighted by atomic mass is 15.1. The summed E-state index contributed by atoms with van der Waals surface area (Å²) in [5.41, 5.74) is 8.99. The van der Waals surface area contributed by atoms with E-state index in [1.165, 1.54) is 49.3 Å². The highest BCUT2D eigenvalue weighted by Crippen LogP contribution is 2.31. The third-order valence-corrected chi connectivity index (χ3v) is 4.03. The first-order valence-electron chi connectivity index (χ1n) is 6.59. The van der Waals surface area contributed by atoms with Gasteiger partial charge in [0.1, 0.15) is 5.82 Å². The maximum atomic E-state index is 6.12. The lowest BCUT2D eigenvalue weighted by molar-refractivity contribution is 0.399. The van der Waals surface area contributed by atoms with Gasteiger partial charge >= 0.3 is 0 Å². The van der Waals surface area contributed by atoms with E-state index in [2.05, 4.69) is 11.5 Å². The molecule has 2 heterocycles. The maximum Gasteiger partial charge on any atom is 0.112 e. The van der Waals surface area contributed by atoms with Crippen molar-refractivity contribution in [2.75, 3.05) is 0 Å². The van der Waals surface area contributed by atoms with E-state index in [1.54, 1.807) is 0 Å². The van der Waals surface area contributed by atoms with Gasteiger partial charge in [-0.1, -0.05) is 13.3 Å². The van der Waals surface area contributed by atoms with Crippen LogP contribution in [0.4, 0.5) is 0 Å². The van der Waals surface area contributed by atoms with E-state index >= 15 is 0 Å². The predicted octanol–water partition coefficient (Wildman–Crippen LogP) is 1.99. The van der Waals surface area contributed by atoms with Crippen molar-refractivity contribution in [2.45, 2.75) is 64.0 Å². The second-order valence-electron chi connectivity index (χ2n) is 5.43. The van der Waals surface area contributed by atoms with E-state index in [-0.39, 0.29) is 0 Å². The Morgan fingerprint density at radius 1 is 1.25 bits per heavy atom. The molecule has 3 heteroatoms. The zero-order chi connectivity index (χ0) is 11.1. The molecule has 0 fully saturated rings. The minimum Gasteiger partial charge on any atom is -0.330 e. The summed E-state index contributed by atoms with van der Waals surface area (Å²) in [6.07, 6.45) is 7.47. The van der Waals surface area contributed by atoms with Crippen LogP contribution in [0.5, 0.6) is 0 Å². The van der Waals surface area contributed by atoms with E-state index in [9.17, 15) is 0 Å². The average molecular weight is 219 g/mol. The molecule has 0 amide bonds. The molecule has 1 aliphatic heterocycles. The molecular formula is C13H21N3. The first-order valence-corrected chi connectivity index (χ1v) is 6.59. The molecule has 1 aromatic rings. The molecule has 0 spiro atoms. The van der Waals surface area contributed by atoms with Crippen molar-refractivity contribution in [1.82, 2.24) is 9.55 Å². The summed E-state index contributed by atoms with van der Waals surface area (Å²) in [5, 5.41) is 0. The fraction of sp³-hybridized carbons (Fsp3) is 0.769. The number of imidazole rings is 1. The number of aromatic nitrogens is 2. The van der Waals surface area contributed by atoms with Gasteiger partial charge in [0.25, 0.3) is 0 Å². The molecular weight excluding hydrogens is 198 g/mol. The highest BCUT2D eigenvalue weighted by molar-refractivity contribution is 5.22. The minimum absolute atomic E-state index is 0.323. The first kappa shape index (κ1) is 10.3. The molecule has 88 valence electrons. The van der Waals surface area contributed by atoms with Crippen LogP contribution in [0, 0.1) is 0 Å². The molecule has 2 aliphatic rings. The Hall–Kier alpha value is -0.830. The van der Waals surface area contributed by atoms with Gasteiger partial charge in [-0.15, -0.1) is 0 Å². The smallest absolute Gasteiger partial charge is 0.112 e. The van der Waals surface area contributed by atoms with Crippen LogP contribution in [0.3, 0.4) is 0 Å². The van der Waals surface area contributed by atoms with E-state index in [4.69, 9.17) is 10.7 Å². The molecule has 1 aliphatic carbocycles. The van der Waals surface area contributed by atoms with E-state index < -0.39 is 0 Å². The summed E-state index contributed by atoms with van der Waals surface area (Å²) in [6.45, 7) is 3.25. The fourth-order valence-electron chi connectivity index (χ4n) is 3.25. The lowest BCUT2D eigenvalue weighted by Gasteiger charge is -2.26. The van der Waals surface area contributed by atoms with E-state index in [1.807, 2.05) is 0 Å². The third-order valence-electron chi connectivity index (χ3n) is 4.03. The van der Waals surface area contributed by atoms with Gasteiger partial charge in [0.05, 0.1) is 5.69 Å². The molecule has 0 aromatic carbocycles. The Balaban J connectivity index is 2.05. The van der Waals surface area contributed by atoms with Crippen LogP contribution in [0.2, 0.25) is 0 Å². The van der Waals surface area contributed by atoms with Crippen LogP contribution in [0.15, 0.2) is 0 Å². The maximum absolute atomic E-state index is 6.12. The Morgan fingerprint density at radius 3 is 2.94 bits per heavy atom. The Kier molecular flexibility index (Phi) is 2.51. The molecule has 2 N–H and O–H groups in total. The zero-order valence-electron chi connectivity index (χ0n) is 10.1. The Labute approximate surface area is 97.0 Å². The molecule has 3 rings (SSSR count). The van der Waals surface area contributed by atoms with Gasteiger partial charge in [0, 0.05) is 24.2 Å². The van der Waals surface area contributed by atoms with Crippen LogP contribution in [0.1, 0.15) is 55.7 Å². The summed E-state index contributed by atoms with van der Waals surface area (Å²) < 4.78 is 2.43. The topological polar surface area (TPSA) is 43.8 Å². The Morgan fingerprint density at radius 2 is 2.06 bits per heavy atom. The molecule has 2 atom stereocenters. The summed E-state index contributed by atoms with van der Waals surface area (Å²) >= 11 is 0. The summed E-state index contributed by atoms with van der Waals surface area (Å²) in [5.74, 6) is 1.84. The number of fused-ring (bicyclic) bond motifs is 3. The molecule has 0 saturated heterocycles. The number of aryl methyl sites for hydroxylation is 1. The van der Waals surface area contributed by atoms with Gasteiger partial charge in [-0.25, -0.2) is 4.98 Å². The summed E-state index contributed by atoms with van der Waals surface area (Å²) in [6, 6.07) is 0.323. The summed E-state index contributed by atoms with van der Waals surface area (Å²) in [7, 11) is 0. The van der Waals surface area contributed by atoms with E-state index in [0.29, 0.717) is 12.0 Å². The molecule has 0 saturated carbocycles. The number of hydrogen-bond acceptors (Lipinski definition) is 2. The predicted molar refractivity (Wildman–Crippen MR) is 64.5 cm³/mol. The number of nitrogens with zero attached hydrogens (tertiary/aromatic N) is 2. The van der Waals surface area contributed by atoms with Crippen LogP contribution in [0.25, 0.3) is 0 Å². The highest BCUT2D eigenvalue weighted by Gasteiger charge is 2.28. The van der Waals surface area contributed by atoms with Gasteiger partial charge in [0.2, 0.25) is 0 Å². The van der Waals surface area contributed by atoms with Gasteiger partial charge in [0.15, 0.2) is 0 Å². The van der Waals surface area contributed by atoms with Crippen molar-refractivity contribution in [2.24, 2.45) is 5.73 Å². The van der Waals surface area contributed by atoms with Crippen molar-refractivity contribution in [3.63, 3.8) is 0 Å². The van der Waals surface area contributed by atoms with Gasteiger partial charge < -0.3 is 10.3 Å². The van der Waals surface area contributed by atoms with Crippen molar-refractivity contribution in [3.05, 3.63) is 17.2 Å². The average Bonchev–Trinajstić information content (AvgIpc) is 2.46. The first-order chi connectivity index (χ1) is 7.75. The van der Waals surface area contributed by atoms with Gasteiger partial charge in [-0.2, -0.15) is 0 Å². The molecule has 1 aromatic heterocycles. The van der Waals surface area contributed by atoms with Crippen molar-refractivity contribution < 1.29 is 0 Å². The third kappa shape index (κ3) is 1.58. The van der Waals surface area contributed by atoms with Crippen molar-refractivity contribution in [3.8, 4) is 0 Å². The van der Waals surface area contributed by atoms with Crippen LogP contribution < -0.4 is 5.73 Å². The number of rotatable bonds is 0. The normalized spacial score (nSPS) is 29.4. The Bertz CT molecular complexity index is 394. The molecule has 16 heavy (non-hydrogen) atoms. The van der Waals surface area contributed by atoms with Crippen LogP contribution in [-0.4, -0.2) is 15.6 Å². The lowest BCUT2D eigenvalue weighted by Crippen LogP contribution is -2.34. The molecule has 3 nitrogen and oxygen atoms in total. The van der Waals surface area contributed by atoms with Gasteiger partial charge in [-0.3, -0.25) is 0 Å². The second kappa shape index (κ2) is 3.88. The van der Waals surface area contributed by atoms with Crippen LogP contribution >= 0.6 is 0 Å². The van der Waals surface area contributed by atoms with Gasteiger partial charge in [-0.05, 0) is 32.1 Å². The number of hydrogen-bond donors (Lipinski definition) is 1. The monoisotopic (exact) mass is 219 g/mol. The molecule has 0 radical (unpaired) electrons. The fourth-order valence-corrected chi connectivity index (χ4v) is 3.25. The molecule has 2 unspecified atom stereocenters. The zero-order valence-corrected chi connectivity index (χ0v) is 10.1. The largest absolute Gasteiger partial charge is 0.330 e. The number of nitrogens with two attached hydrogens (primary N) is 1. The quantitative estimate of drug-likeness (QED) is 0.678. The van der Waals surface area contributed by atoms with E-state index in [0.717, 1.165) is 13.0 Å². The SMILES string of the molecule is CC1CC(N)Cn2c1nc1c2CCCCC1. The lowest BCUT2D eigenvalue weighted by atomic mass is 9.97. The second-order valence-corrected chi connectivity index (χ2v) is 5.43. The van der Waals surface area contributed by atoms with Crippen molar-refractivity contribution in [1.29, 1.82) is 0 Å². The summed E-state index contributed by atoms with van der Waals surface area (Å²) in [4.78, 5) is 4.87. The minimum atomic E-state index is 0.323. The molecule has 0 bridgehead atoms.